The van der Waals surface area contributed by atoms with Gasteiger partial charge in [0.25, 0.3) is 0 Å². The van der Waals surface area contributed by atoms with Crippen LogP contribution in [0.15, 0.2) is 84.9 Å². The van der Waals surface area contributed by atoms with Crippen LogP contribution in [0.1, 0.15) is 5.56 Å². The van der Waals surface area contributed by atoms with E-state index in [0.29, 0.717) is 37.7 Å². The van der Waals surface area contributed by atoms with Crippen LogP contribution in [0.25, 0.3) is 0 Å². The summed E-state index contributed by atoms with van der Waals surface area (Å²) >= 11 is 0. The molecule has 0 saturated carbocycles. The zero-order valence-electron chi connectivity index (χ0n) is 16.6. The van der Waals surface area contributed by atoms with Crippen LogP contribution < -0.4 is 14.8 Å². The van der Waals surface area contributed by atoms with Gasteiger partial charge in [-0.05, 0) is 36.9 Å². The average molecular weight is 390 g/mol. The Kier molecular flexibility index (Phi) is 7.66. The second kappa shape index (κ2) is 10.9. The summed E-state index contributed by atoms with van der Waals surface area (Å²) in [6.45, 7) is 1.81. The van der Waals surface area contributed by atoms with Crippen LogP contribution in [0.5, 0.6) is 11.5 Å². The van der Waals surface area contributed by atoms with Gasteiger partial charge in [-0.1, -0.05) is 60.7 Å². The number of rotatable bonds is 10. The van der Waals surface area contributed by atoms with Crippen molar-refractivity contribution >= 4 is 11.6 Å². The first-order chi connectivity index (χ1) is 14.2. The van der Waals surface area contributed by atoms with Crippen molar-refractivity contribution in [3.63, 3.8) is 0 Å². The van der Waals surface area contributed by atoms with Crippen LogP contribution in [0.3, 0.4) is 0 Å². The molecule has 3 rings (SSSR count). The van der Waals surface area contributed by atoms with Gasteiger partial charge in [0.1, 0.15) is 24.7 Å². The Morgan fingerprint density at radius 2 is 1.45 bits per heavy atom. The van der Waals surface area contributed by atoms with Gasteiger partial charge >= 0.3 is 0 Å². The molecule has 150 valence electrons. The zero-order valence-corrected chi connectivity index (χ0v) is 16.6. The summed E-state index contributed by atoms with van der Waals surface area (Å²) in [6, 6.07) is 27.1. The molecule has 0 aliphatic rings. The number of ether oxygens (including phenoxy) is 2. The van der Waals surface area contributed by atoms with E-state index in [2.05, 4.69) is 17.4 Å². The molecule has 5 nitrogen and oxygen atoms in total. The maximum Gasteiger partial charge on any atom is 0.238 e. The van der Waals surface area contributed by atoms with Crippen molar-refractivity contribution in [2.24, 2.45) is 0 Å². The van der Waals surface area contributed by atoms with Crippen molar-refractivity contribution in [2.45, 2.75) is 6.54 Å². The number of nitrogens with one attached hydrogen (secondary N) is 1. The lowest BCUT2D eigenvalue weighted by Gasteiger charge is -2.17. The van der Waals surface area contributed by atoms with Crippen LogP contribution in [0.2, 0.25) is 0 Å². The molecule has 0 aliphatic carbocycles. The molecule has 0 atom stereocenters. The lowest BCUT2D eigenvalue weighted by Crippen LogP contribution is -2.30. The molecule has 0 heterocycles. The predicted octanol–water partition coefficient (Wildman–Crippen LogP) is 4.21. The molecular formula is C24H26N2O3. The molecule has 0 radical (unpaired) electrons. The highest BCUT2D eigenvalue weighted by Gasteiger charge is 2.10. The van der Waals surface area contributed by atoms with E-state index in [0.717, 1.165) is 5.75 Å². The third-order valence-electron chi connectivity index (χ3n) is 4.22. The first-order valence-corrected chi connectivity index (χ1v) is 9.63. The third-order valence-corrected chi connectivity index (χ3v) is 4.22. The molecule has 0 bridgehead atoms. The molecule has 0 aromatic heterocycles. The topological polar surface area (TPSA) is 50.8 Å². The number of para-hydroxylation sites is 3. The standard InChI is InChI=1S/C24H26N2O3/c1-26(18-20-10-4-2-5-11-20)19-24(27)25-22-14-8-9-15-23(22)29-17-16-28-21-12-6-3-7-13-21/h2-15H,16-19H2,1H3,(H,25,27). The zero-order chi connectivity index (χ0) is 20.3. The van der Waals surface area contributed by atoms with Crippen LogP contribution in [-0.2, 0) is 11.3 Å². The number of nitrogens with zero attached hydrogens (tertiary/aromatic N) is 1. The Bertz CT molecular complexity index is 885. The maximum absolute atomic E-state index is 12.4. The Morgan fingerprint density at radius 1 is 0.828 bits per heavy atom. The highest BCUT2D eigenvalue weighted by molar-refractivity contribution is 5.93. The van der Waals surface area contributed by atoms with Crippen LogP contribution >= 0.6 is 0 Å². The summed E-state index contributed by atoms with van der Waals surface area (Å²) in [7, 11) is 1.93. The van der Waals surface area contributed by atoms with Gasteiger partial charge in [0.15, 0.2) is 0 Å². The smallest absolute Gasteiger partial charge is 0.238 e. The molecule has 0 aliphatic heterocycles. The van der Waals surface area contributed by atoms with Crippen LogP contribution in [-0.4, -0.2) is 37.6 Å². The van der Waals surface area contributed by atoms with Crippen molar-refractivity contribution in [1.29, 1.82) is 0 Å². The second-order valence-electron chi connectivity index (χ2n) is 6.71. The van der Waals surface area contributed by atoms with E-state index in [9.17, 15) is 4.79 Å². The second-order valence-corrected chi connectivity index (χ2v) is 6.71. The SMILES string of the molecule is CN(CC(=O)Nc1ccccc1OCCOc1ccccc1)Cc1ccccc1. The van der Waals surface area contributed by atoms with E-state index < -0.39 is 0 Å². The van der Waals surface area contributed by atoms with Gasteiger partial charge in [0.05, 0.1) is 12.2 Å². The van der Waals surface area contributed by atoms with Crippen molar-refractivity contribution in [1.82, 2.24) is 4.90 Å². The molecule has 0 unspecified atom stereocenters. The molecule has 5 heteroatoms. The molecule has 1 N–H and O–H groups in total. The molecule has 0 fully saturated rings. The van der Waals surface area contributed by atoms with Gasteiger partial charge in [0.2, 0.25) is 5.91 Å². The van der Waals surface area contributed by atoms with E-state index in [1.165, 1.54) is 5.56 Å². The van der Waals surface area contributed by atoms with E-state index in [1.807, 2.05) is 84.7 Å². The number of anilines is 1. The average Bonchev–Trinajstić information content (AvgIpc) is 2.73. The Morgan fingerprint density at radius 3 is 2.21 bits per heavy atom. The fourth-order valence-electron chi connectivity index (χ4n) is 2.91. The largest absolute Gasteiger partial charge is 0.490 e. The number of carbonyl (C=O) groups excluding carboxylic acids is 1. The fraction of sp³-hybridized carbons (Fsp3) is 0.208. The third kappa shape index (κ3) is 6.97. The van der Waals surface area contributed by atoms with Gasteiger partial charge in [-0.2, -0.15) is 0 Å². The summed E-state index contributed by atoms with van der Waals surface area (Å²) in [6.07, 6.45) is 0. The molecule has 3 aromatic carbocycles. The predicted molar refractivity (Wildman–Crippen MR) is 115 cm³/mol. The van der Waals surface area contributed by atoms with E-state index in [1.54, 1.807) is 0 Å². The number of amides is 1. The maximum atomic E-state index is 12.4. The minimum atomic E-state index is -0.0833. The summed E-state index contributed by atoms with van der Waals surface area (Å²) in [5, 5.41) is 2.94. The number of hydrogen-bond acceptors (Lipinski definition) is 4. The van der Waals surface area contributed by atoms with E-state index in [4.69, 9.17) is 9.47 Å². The van der Waals surface area contributed by atoms with Crippen molar-refractivity contribution < 1.29 is 14.3 Å². The van der Waals surface area contributed by atoms with Crippen LogP contribution in [0.4, 0.5) is 5.69 Å². The van der Waals surface area contributed by atoms with Crippen LogP contribution in [0, 0.1) is 0 Å². The van der Waals surface area contributed by atoms with Gasteiger partial charge < -0.3 is 14.8 Å². The summed E-state index contributed by atoms with van der Waals surface area (Å²) < 4.78 is 11.4. The number of benzene rings is 3. The molecule has 0 saturated heterocycles. The lowest BCUT2D eigenvalue weighted by atomic mass is 10.2. The molecule has 1 amide bonds. The van der Waals surface area contributed by atoms with Crippen molar-refractivity contribution in [3.8, 4) is 11.5 Å². The van der Waals surface area contributed by atoms with Crippen molar-refractivity contribution in [3.05, 3.63) is 90.5 Å². The molecular weight excluding hydrogens is 364 g/mol. The Labute approximate surface area is 171 Å². The highest BCUT2D eigenvalue weighted by atomic mass is 16.5. The minimum Gasteiger partial charge on any atom is -0.490 e. The summed E-state index contributed by atoms with van der Waals surface area (Å²) in [5.74, 6) is 1.35. The van der Waals surface area contributed by atoms with Gasteiger partial charge in [-0.15, -0.1) is 0 Å². The fourth-order valence-corrected chi connectivity index (χ4v) is 2.91. The first kappa shape index (κ1) is 20.4. The number of carbonyl (C=O) groups is 1. The summed E-state index contributed by atoms with van der Waals surface area (Å²) in [4.78, 5) is 14.4. The molecule has 3 aromatic rings. The lowest BCUT2D eigenvalue weighted by molar-refractivity contribution is -0.117. The monoisotopic (exact) mass is 390 g/mol. The van der Waals surface area contributed by atoms with Crippen molar-refractivity contribution in [2.75, 3.05) is 32.1 Å². The number of hydrogen-bond donors (Lipinski definition) is 1. The number of likely N-dealkylation sites (N-methyl/N-ethyl adjacent to an activating group) is 1. The van der Waals surface area contributed by atoms with E-state index >= 15 is 0 Å². The minimum absolute atomic E-state index is 0.0833. The Hall–Kier alpha value is -3.31. The van der Waals surface area contributed by atoms with E-state index in [-0.39, 0.29) is 5.91 Å². The molecule has 29 heavy (non-hydrogen) atoms. The van der Waals surface area contributed by atoms with Gasteiger partial charge in [-0.25, -0.2) is 0 Å². The normalized spacial score (nSPS) is 10.6. The summed E-state index contributed by atoms with van der Waals surface area (Å²) in [5.41, 5.74) is 1.83. The quantitative estimate of drug-likeness (QED) is 0.527. The van der Waals surface area contributed by atoms with Gasteiger partial charge in [0, 0.05) is 6.54 Å². The van der Waals surface area contributed by atoms with Gasteiger partial charge in [-0.3, -0.25) is 9.69 Å². The highest BCUT2D eigenvalue weighted by Crippen LogP contribution is 2.23. The first-order valence-electron chi connectivity index (χ1n) is 9.63. The molecule has 0 spiro atoms. The Balaban J connectivity index is 1.47.